The summed E-state index contributed by atoms with van der Waals surface area (Å²) in [5, 5.41) is 0. The van der Waals surface area contributed by atoms with E-state index in [0.29, 0.717) is 32.2 Å². The summed E-state index contributed by atoms with van der Waals surface area (Å²) in [5.41, 5.74) is -0.953. The van der Waals surface area contributed by atoms with Gasteiger partial charge in [-0.25, -0.2) is 4.79 Å². The number of carbonyl (C=O) groups is 1. The number of ether oxygens (including phenoxy) is 3. The zero-order valence-corrected chi connectivity index (χ0v) is 13.3. The maximum Gasteiger partial charge on any atom is 0.412 e. The van der Waals surface area contributed by atoms with E-state index in [9.17, 15) is 4.79 Å². The first-order valence-electron chi connectivity index (χ1n) is 6.49. The van der Waals surface area contributed by atoms with Crippen molar-refractivity contribution in [2.75, 3.05) is 32.0 Å². The predicted molar refractivity (Wildman–Crippen MR) is 76.2 cm³/mol. The molecule has 0 bridgehead atoms. The number of carbonyl (C=O) groups excluding carboxylic acids is 1. The van der Waals surface area contributed by atoms with Gasteiger partial charge in [-0.1, -0.05) is 0 Å². The molecule has 0 atom stereocenters. The van der Waals surface area contributed by atoms with Crippen LogP contribution in [-0.4, -0.2) is 54.3 Å². The van der Waals surface area contributed by atoms with Crippen molar-refractivity contribution in [2.45, 2.75) is 45.4 Å². The van der Waals surface area contributed by atoms with Crippen LogP contribution in [0.15, 0.2) is 0 Å². The topological polar surface area (TPSA) is 48.0 Å². The minimum Gasteiger partial charge on any atom is -0.449 e. The largest absolute Gasteiger partial charge is 0.449 e. The Kier molecular flexibility index (Phi) is 5.95. The second-order valence-electron chi connectivity index (χ2n) is 5.67. The molecule has 1 rings (SSSR count). The molecule has 1 aliphatic heterocycles. The Morgan fingerprint density at radius 3 is 2.53 bits per heavy atom. The molecule has 1 amide bonds. The van der Waals surface area contributed by atoms with Crippen molar-refractivity contribution in [2.24, 2.45) is 0 Å². The van der Waals surface area contributed by atoms with Crippen LogP contribution in [-0.2, 0) is 14.2 Å². The Hall–Kier alpha value is -0.460. The first-order chi connectivity index (χ1) is 8.81. The zero-order valence-electron chi connectivity index (χ0n) is 12.5. The fraction of sp³-hybridized carbons (Fsp3) is 0.923. The Labute approximate surface area is 119 Å². The number of rotatable bonds is 6. The minimum atomic E-state index is -0.615. The Morgan fingerprint density at radius 1 is 1.32 bits per heavy atom. The van der Waals surface area contributed by atoms with Gasteiger partial charge in [0, 0.05) is 6.42 Å². The van der Waals surface area contributed by atoms with Crippen molar-refractivity contribution in [1.82, 2.24) is 4.90 Å². The highest BCUT2D eigenvalue weighted by atomic mass is 32.2. The highest BCUT2D eigenvalue weighted by Gasteiger charge is 2.49. The third-order valence-corrected chi connectivity index (χ3v) is 3.37. The molecule has 19 heavy (non-hydrogen) atoms. The van der Waals surface area contributed by atoms with Crippen LogP contribution in [0.5, 0.6) is 0 Å². The lowest BCUT2D eigenvalue weighted by Crippen LogP contribution is -2.52. The summed E-state index contributed by atoms with van der Waals surface area (Å²) in [6.45, 7) is 9.21. The third kappa shape index (κ3) is 4.54. The van der Waals surface area contributed by atoms with Crippen molar-refractivity contribution in [3.63, 3.8) is 0 Å². The molecule has 0 spiro atoms. The highest BCUT2D eigenvalue weighted by Crippen LogP contribution is 2.34. The van der Waals surface area contributed by atoms with Gasteiger partial charge in [-0.2, -0.15) is 0 Å². The molecule has 0 radical (unpaired) electrons. The molecule has 0 unspecified atom stereocenters. The maximum absolute atomic E-state index is 12.1. The van der Waals surface area contributed by atoms with Crippen LogP contribution in [0.4, 0.5) is 4.79 Å². The quantitative estimate of drug-likeness (QED) is 0.556. The second kappa shape index (κ2) is 6.81. The van der Waals surface area contributed by atoms with Crippen molar-refractivity contribution in [3.8, 4) is 0 Å². The van der Waals surface area contributed by atoms with Crippen LogP contribution in [0.2, 0.25) is 0 Å². The van der Waals surface area contributed by atoms with E-state index in [4.69, 9.17) is 14.2 Å². The molecule has 1 fully saturated rings. The van der Waals surface area contributed by atoms with Crippen molar-refractivity contribution in [1.29, 1.82) is 0 Å². The first kappa shape index (κ1) is 16.6. The van der Waals surface area contributed by atoms with Gasteiger partial charge in [0.25, 0.3) is 0 Å². The molecule has 6 heteroatoms. The summed E-state index contributed by atoms with van der Waals surface area (Å²) < 4.78 is 16.2. The number of hydrogen-bond donors (Lipinski definition) is 0. The molecule has 0 N–H and O–H groups in total. The van der Waals surface area contributed by atoms with Crippen LogP contribution in [0.1, 0.15) is 34.1 Å². The third-order valence-electron chi connectivity index (χ3n) is 2.96. The van der Waals surface area contributed by atoms with Crippen molar-refractivity contribution >= 4 is 17.9 Å². The normalized spacial score (nSPS) is 20.6. The van der Waals surface area contributed by atoms with Gasteiger partial charge in [0.2, 0.25) is 0 Å². The van der Waals surface area contributed by atoms with Crippen molar-refractivity contribution < 1.29 is 19.0 Å². The molecule has 0 aromatic carbocycles. The standard InChI is InChI=1S/C13H25NO4S/c1-12(2)9-18-13(3,4)14(12)11(15)17-8-6-7-16-10-19-5/h6-10H2,1-5H3. The molecule has 0 aromatic rings. The van der Waals surface area contributed by atoms with Gasteiger partial charge < -0.3 is 14.2 Å². The molecule has 0 aromatic heterocycles. The lowest BCUT2D eigenvalue weighted by molar-refractivity contribution is -0.0523. The Morgan fingerprint density at radius 2 is 2.00 bits per heavy atom. The molecule has 1 saturated heterocycles. The second-order valence-corrected chi connectivity index (χ2v) is 6.48. The molecule has 0 saturated carbocycles. The molecule has 1 heterocycles. The van der Waals surface area contributed by atoms with E-state index in [1.807, 2.05) is 34.0 Å². The number of nitrogens with zero attached hydrogens (tertiary/aromatic N) is 1. The SMILES string of the molecule is CSCOCCCOC(=O)N1C(C)(C)COC1(C)C. The van der Waals surface area contributed by atoms with Gasteiger partial charge in [-0.15, -0.1) is 11.8 Å². The van der Waals surface area contributed by atoms with Gasteiger partial charge in [-0.3, -0.25) is 4.90 Å². The summed E-state index contributed by atoms with van der Waals surface area (Å²) in [6, 6.07) is 0. The van der Waals surface area contributed by atoms with Crippen LogP contribution in [0.25, 0.3) is 0 Å². The van der Waals surface area contributed by atoms with E-state index in [0.717, 1.165) is 0 Å². The average molecular weight is 291 g/mol. The smallest absolute Gasteiger partial charge is 0.412 e. The average Bonchev–Trinajstić information content (AvgIpc) is 2.53. The van der Waals surface area contributed by atoms with Crippen LogP contribution in [0, 0.1) is 0 Å². The van der Waals surface area contributed by atoms with Crippen LogP contribution < -0.4 is 0 Å². The fourth-order valence-corrected chi connectivity index (χ4v) is 2.49. The zero-order chi connectivity index (χ0) is 14.5. The molecular weight excluding hydrogens is 266 g/mol. The van der Waals surface area contributed by atoms with E-state index < -0.39 is 5.72 Å². The summed E-state index contributed by atoms with van der Waals surface area (Å²) in [7, 11) is 0. The van der Waals surface area contributed by atoms with Gasteiger partial charge in [0.15, 0.2) is 0 Å². The highest BCUT2D eigenvalue weighted by molar-refractivity contribution is 7.98. The van der Waals surface area contributed by atoms with Gasteiger partial charge >= 0.3 is 6.09 Å². The van der Waals surface area contributed by atoms with E-state index in [-0.39, 0.29) is 11.6 Å². The lowest BCUT2D eigenvalue weighted by atomic mass is 10.0. The lowest BCUT2D eigenvalue weighted by Gasteiger charge is -2.36. The number of thioether (sulfide) groups is 1. The minimum absolute atomic E-state index is 0.322. The van der Waals surface area contributed by atoms with Gasteiger partial charge in [-0.05, 0) is 34.0 Å². The molecule has 1 aliphatic rings. The predicted octanol–water partition coefficient (Wildman–Crippen LogP) is 2.70. The van der Waals surface area contributed by atoms with Crippen LogP contribution >= 0.6 is 11.8 Å². The maximum atomic E-state index is 12.1. The van der Waals surface area contributed by atoms with Crippen LogP contribution in [0.3, 0.4) is 0 Å². The fourth-order valence-electron chi connectivity index (χ4n) is 2.21. The number of amides is 1. The summed E-state index contributed by atoms with van der Waals surface area (Å²) >= 11 is 1.63. The van der Waals surface area contributed by atoms with E-state index in [1.54, 1.807) is 16.7 Å². The molecule has 112 valence electrons. The molecular formula is C13H25NO4S. The summed E-state index contributed by atoms with van der Waals surface area (Å²) in [5.74, 6) is 0.675. The van der Waals surface area contributed by atoms with Gasteiger partial charge in [0.05, 0.1) is 31.3 Å². The monoisotopic (exact) mass is 291 g/mol. The summed E-state index contributed by atoms with van der Waals surface area (Å²) in [4.78, 5) is 13.8. The first-order valence-corrected chi connectivity index (χ1v) is 7.88. The van der Waals surface area contributed by atoms with Gasteiger partial charge in [0.1, 0.15) is 5.72 Å². The van der Waals surface area contributed by atoms with E-state index >= 15 is 0 Å². The summed E-state index contributed by atoms with van der Waals surface area (Å²) in [6.07, 6.45) is 2.37. The molecule has 5 nitrogen and oxygen atoms in total. The van der Waals surface area contributed by atoms with E-state index in [2.05, 4.69) is 0 Å². The number of hydrogen-bond acceptors (Lipinski definition) is 5. The van der Waals surface area contributed by atoms with E-state index in [1.165, 1.54) is 0 Å². The Bertz CT molecular complexity index is 291. The Balaban J connectivity index is 2.36. The van der Waals surface area contributed by atoms with Crippen molar-refractivity contribution in [3.05, 3.63) is 0 Å². The molecule has 0 aliphatic carbocycles.